The first-order valence-electron chi connectivity index (χ1n) is 7.12. The topological polar surface area (TPSA) is 86.4 Å². The quantitative estimate of drug-likeness (QED) is 0.458. The molecule has 1 aromatic heterocycles. The molecule has 0 amide bonds. The number of aromatic nitrogens is 3. The summed E-state index contributed by atoms with van der Waals surface area (Å²) in [7, 11) is 0. The third-order valence-corrected chi connectivity index (χ3v) is 4.34. The van der Waals surface area contributed by atoms with Crippen LogP contribution in [0.15, 0.2) is 41.5 Å². The molecular formula is C16H12Cl2N4O2S. The lowest BCUT2D eigenvalue weighted by atomic mass is 10.1. The SMILES string of the molecule is Oc1c(Cl)cc(/C=N\n2c(Cc3ccccc3)n[nH]c2=S)c(O)c1Cl. The fourth-order valence-electron chi connectivity index (χ4n) is 2.17. The first-order valence-corrected chi connectivity index (χ1v) is 8.28. The Kier molecular flexibility index (Phi) is 5.08. The number of aromatic hydroxyl groups is 2. The molecule has 3 N–H and O–H groups in total. The van der Waals surface area contributed by atoms with Gasteiger partial charge in [0.2, 0.25) is 4.77 Å². The van der Waals surface area contributed by atoms with E-state index in [9.17, 15) is 10.2 Å². The van der Waals surface area contributed by atoms with Crippen LogP contribution < -0.4 is 0 Å². The van der Waals surface area contributed by atoms with E-state index in [1.807, 2.05) is 30.3 Å². The highest BCUT2D eigenvalue weighted by Gasteiger charge is 2.14. The van der Waals surface area contributed by atoms with Crippen LogP contribution in [0.3, 0.4) is 0 Å². The molecule has 0 aliphatic rings. The van der Waals surface area contributed by atoms with Crippen molar-refractivity contribution in [1.82, 2.24) is 14.9 Å². The van der Waals surface area contributed by atoms with E-state index in [-0.39, 0.29) is 27.1 Å². The first kappa shape index (κ1) is 17.5. The van der Waals surface area contributed by atoms with E-state index in [0.29, 0.717) is 17.0 Å². The van der Waals surface area contributed by atoms with Gasteiger partial charge in [0.05, 0.1) is 11.2 Å². The van der Waals surface area contributed by atoms with Gasteiger partial charge in [-0.3, -0.25) is 5.10 Å². The summed E-state index contributed by atoms with van der Waals surface area (Å²) in [6, 6.07) is 11.1. The number of halogens is 2. The molecule has 0 aliphatic carbocycles. The normalized spacial score (nSPS) is 11.3. The molecule has 0 spiro atoms. The van der Waals surface area contributed by atoms with Crippen molar-refractivity contribution < 1.29 is 10.2 Å². The van der Waals surface area contributed by atoms with Gasteiger partial charge >= 0.3 is 0 Å². The summed E-state index contributed by atoms with van der Waals surface area (Å²) < 4.78 is 1.74. The van der Waals surface area contributed by atoms with Gasteiger partial charge in [0.1, 0.15) is 10.8 Å². The van der Waals surface area contributed by atoms with Crippen molar-refractivity contribution in [3.05, 3.63) is 68.2 Å². The highest BCUT2D eigenvalue weighted by molar-refractivity contribution is 7.71. The first-order chi connectivity index (χ1) is 12.0. The number of benzene rings is 2. The number of aromatic amines is 1. The van der Waals surface area contributed by atoms with Crippen LogP contribution in [0.1, 0.15) is 17.0 Å². The van der Waals surface area contributed by atoms with Gasteiger partial charge in [-0.05, 0) is 23.8 Å². The Balaban J connectivity index is 1.95. The maximum Gasteiger partial charge on any atom is 0.216 e. The lowest BCUT2D eigenvalue weighted by Crippen LogP contribution is -2.00. The van der Waals surface area contributed by atoms with Gasteiger partial charge in [-0.1, -0.05) is 53.5 Å². The number of nitrogens with one attached hydrogen (secondary N) is 1. The smallest absolute Gasteiger partial charge is 0.216 e. The van der Waals surface area contributed by atoms with E-state index in [4.69, 9.17) is 35.4 Å². The molecule has 9 heteroatoms. The highest BCUT2D eigenvalue weighted by Crippen LogP contribution is 2.40. The standard InChI is InChI=1S/C16H12Cl2N4O2S/c17-11-7-10(14(23)13(18)15(11)24)8-19-22-12(20-21-16(22)25)6-9-4-2-1-3-5-9/h1-5,7-8,23-24H,6H2,(H,21,25)/b19-8-. The Morgan fingerprint density at radius 1 is 1.20 bits per heavy atom. The minimum Gasteiger partial charge on any atom is -0.506 e. The summed E-state index contributed by atoms with van der Waals surface area (Å²) in [5, 5.41) is 30.5. The molecule has 0 unspecified atom stereocenters. The van der Waals surface area contributed by atoms with Gasteiger partial charge in [-0.25, -0.2) is 0 Å². The minimum absolute atomic E-state index is 0.00421. The van der Waals surface area contributed by atoms with Crippen molar-refractivity contribution in [3.8, 4) is 11.5 Å². The third kappa shape index (κ3) is 3.68. The van der Waals surface area contributed by atoms with Crippen molar-refractivity contribution in [2.24, 2.45) is 5.10 Å². The Hall–Kier alpha value is -2.35. The molecule has 0 fully saturated rings. The Morgan fingerprint density at radius 2 is 1.92 bits per heavy atom. The number of phenols is 2. The highest BCUT2D eigenvalue weighted by atomic mass is 35.5. The summed E-state index contributed by atoms with van der Waals surface area (Å²) in [5.74, 6) is -0.113. The van der Waals surface area contributed by atoms with Gasteiger partial charge in [-0.2, -0.15) is 14.9 Å². The summed E-state index contributed by atoms with van der Waals surface area (Å²) >= 11 is 16.9. The average Bonchev–Trinajstić information content (AvgIpc) is 2.96. The van der Waals surface area contributed by atoms with Crippen molar-refractivity contribution in [2.75, 3.05) is 0 Å². The Morgan fingerprint density at radius 3 is 2.64 bits per heavy atom. The number of phenolic OH excluding ortho intramolecular Hbond substituents is 2. The molecule has 3 rings (SSSR count). The van der Waals surface area contributed by atoms with Gasteiger partial charge in [0.25, 0.3) is 0 Å². The van der Waals surface area contributed by atoms with E-state index in [0.717, 1.165) is 5.56 Å². The zero-order chi connectivity index (χ0) is 18.0. The number of H-pyrrole nitrogens is 1. The van der Waals surface area contributed by atoms with Crippen LogP contribution in [0.5, 0.6) is 11.5 Å². The maximum atomic E-state index is 10.0. The number of hydrogen-bond donors (Lipinski definition) is 3. The predicted octanol–water partition coefficient (Wildman–Crippen LogP) is 4.13. The van der Waals surface area contributed by atoms with E-state index >= 15 is 0 Å². The fraction of sp³-hybridized carbons (Fsp3) is 0.0625. The molecule has 0 saturated heterocycles. The van der Waals surface area contributed by atoms with Crippen molar-refractivity contribution in [2.45, 2.75) is 6.42 Å². The van der Waals surface area contributed by atoms with E-state index in [1.165, 1.54) is 17.0 Å². The molecular weight excluding hydrogens is 383 g/mol. The number of nitrogens with zero attached hydrogens (tertiary/aromatic N) is 3. The predicted molar refractivity (Wildman–Crippen MR) is 99.4 cm³/mol. The Bertz CT molecular complexity index is 999. The summed E-state index contributed by atoms with van der Waals surface area (Å²) in [6.45, 7) is 0. The van der Waals surface area contributed by atoms with Crippen LogP contribution in [-0.4, -0.2) is 31.3 Å². The molecule has 25 heavy (non-hydrogen) atoms. The summed E-state index contributed by atoms with van der Waals surface area (Å²) in [6.07, 6.45) is 1.86. The second-order valence-corrected chi connectivity index (χ2v) is 6.29. The van der Waals surface area contributed by atoms with Crippen LogP contribution in [0.4, 0.5) is 0 Å². The molecule has 1 heterocycles. The van der Waals surface area contributed by atoms with Crippen molar-refractivity contribution >= 4 is 41.6 Å². The lowest BCUT2D eigenvalue weighted by molar-refractivity contribution is 0.450. The van der Waals surface area contributed by atoms with E-state index in [2.05, 4.69) is 15.3 Å². The van der Waals surface area contributed by atoms with Gasteiger partial charge in [0, 0.05) is 12.0 Å². The Labute approximate surface area is 158 Å². The van der Waals surface area contributed by atoms with E-state index in [1.54, 1.807) is 0 Å². The van der Waals surface area contributed by atoms with Gasteiger partial charge < -0.3 is 10.2 Å². The van der Waals surface area contributed by atoms with Crippen molar-refractivity contribution in [3.63, 3.8) is 0 Å². The molecule has 0 atom stereocenters. The third-order valence-electron chi connectivity index (χ3n) is 3.43. The maximum absolute atomic E-state index is 10.0. The van der Waals surface area contributed by atoms with Crippen LogP contribution in [0.2, 0.25) is 10.0 Å². The average molecular weight is 395 g/mol. The molecule has 0 bridgehead atoms. The molecule has 2 aromatic carbocycles. The fourth-order valence-corrected chi connectivity index (χ4v) is 2.84. The summed E-state index contributed by atoms with van der Waals surface area (Å²) in [5.41, 5.74) is 1.29. The van der Waals surface area contributed by atoms with Crippen LogP contribution in [-0.2, 0) is 6.42 Å². The summed E-state index contributed by atoms with van der Waals surface area (Å²) in [4.78, 5) is 0. The van der Waals surface area contributed by atoms with Crippen LogP contribution in [0, 0.1) is 4.77 Å². The van der Waals surface area contributed by atoms with E-state index < -0.39 is 0 Å². The van der Waals surface area contributed by atoms with Gasteiger partial charge in [-0.15, -0.1) is 0 Å². The molecule has 0 aliphatic heterocycles. The number of rotatable bonds is 4. The van der Waals surface area contributed by atoms with Gasteiger partial charge in [0.15, 0.2) is 11.6 Å². The largest absolute Gasteiger partial charge is 0.506 e. The zero-order valence-electron chi connectivity index (χ0n) is 12.6. The second kappa shape index (κ2) is 7.26. The van der Waals surface area contributed by atoms with Crippen molar-refractivity contribution in [1.29, 1.82) is 0 Å². The number of hydrogen-bond acceptors (Lipinski definition) is 5. The molecule has 6 nitrogen and oxygen atoms in total. The molecule has 128 valence electrons. The van der Waals surface area contributed by atoms with Crippen LogP contribution >= 0.6 is 35.4 Å². The monoisotopic (exact) mass is 394 g/mol. The molecule has 0 saturated carbocycles. The second-order valence-electron chi connectivity index (χ2n) is 5.12. The lowest BCUT2D eigenvalue weighted by Gasteiger charge is -2.06. The van der Waals surface area contributed by atoms with Crippen LogP contribution in [0.25, 0.3) is 0 Å². The molecule has 3 aromatic rings. The minimum atomic E-state index is -0.386. The molecule has 0 radical (unpaired) electrons. The zero-order valence-corrected chi connectivity index (χ0v) is 15.0.